The number of hydrogen-bond donors (Lipinski definition) is 1. The first-order chi connectivity index (χ1) is 8.33. The second-order valence-electron chi connectivity index (χ2n) is 5.61. The Balaban J connectivity index is 2.58. The molecule has 106 valence electrons. The lowest BCUT2D eigenvalue weighted by molar-refractivity contribution is -0.150. The summed E-state index contributed by atoms with van der Waals surface area (Å²) in [4.78, 5) is 13.9. The van der Waals surface area contributed by atoms with Crippen molar-refractivity contribution in [3.8, 4) is 0 Å². The monoisotopic (exact) mass is 258 g/mol. The van der Waals surface area contributed by atoms with E-state index in [4.69, 9.17) is 15.2 Å². The minimum atomic E-state index is -0.956. The van der Waals surface area contributed by atoms with Crippen LogP contribution in [0.4, 0.5) is 0 Å². The van der Waals surface area contributed by atoms with E-state index < -0.39 is 5.54 Å². The van der Waals surface area contributed by atoms with Crippen LogP contribution in [0.1, 0.15) is 33.6 Å². The first kappa shape index (κ1) is 15.4. The summed E-state index contributed by atoms with van der Waals surface area (Å²) in [6.45, 7) is 8.23. The van der Waals surface area contributed by atoms with Gasteiger partial charge in [0.15, 0.2) is 0 Å². The third-order valence-electron chi connectivity index (χ3n) is 3.52. The van der Waals surface area contributed by atoms with Crippen molar-refractivity contribution in [3.63, 3.8) is 0 Å². The van der Waals surface area contributed by atoms with Gasteiger partial charge in [0.25, 0.3) is 0 Å². The summed E-state index contributed by atoms with van der Waals surface area (Å²) in [5.74, 6) is -0.338. The number of hydrogen-bond acceptors (Lipinski definition) is 5. The fourth-order valence-electron chi connectivity index (χ4n) is 2.43. The Hall–Kier alpha value is -0.650. The molecule has 0 aromatic heterocycles. The molecule has 0 spiro atoms. The molecule has 2 unspecified atom stereocenters. The Morgan fingerprint density at radius 2 is 2.22 bits per heavy atom. The lowest BCUT2D eigenvalue weighted by atomic mass is 9.93. The van der Waals surface area contributed by atoms with Gasteiger partial charge in [-0.3, -0.25) is 9.69 Å². The van der Waals surface area contributed by atoms with Crippen LogP contribution in [0.5, 0.6) is 0 Å². The third kappa shape index (κ3) is 3.93. The normalized spacial score (nSPS) is 28.7. The van der Waals surface area contributed by atoms with Gasteiger partial charge in [-0.25, -0.2) is 0 Å². The third-order valence-corrected chi connectivity index (χ3v) is 3.52. The van der Waals surface area contributed by atoms with Crippen LogP contribution in [0.25, 0.3) is 0 Å². The molecule has 2 atom stereocenters. The first-order valence-corrected chi connectivity index (χ1v) is 6.56. The Morgan fingerprint density at radius 3 is 2.78 bits per heavy atom. The van der Waals surface area contributed by atoms with E-state index in [1.165, 1.54) is 0 Å². The van der Waals surface area contributed by atoms with Crippen LogP contribution < -0.4 is 5.73 Å². The minimum Gasteiger partial charge on any atom is -0.465 e. The average Bonchev–Trinajstić information content (AvgIpc) is 2.29. The summed E-state index contributed by atoms with van der Waals surface area (Å²) in [7, 11) is 1.73. The fourth-order valence-corrected chi connectivity index (χ4v) is 2.43. The van der Waals surface area contributed by atoms with Crippen LogP contribution in [-0.4, -0.2) is 55.4 Å². The number of ether oxygens (including phenoxy) is 2. The maximum absolute atomic E-state index is 11.8. The van der Waals surface area contributed by atoms with E-state index in [9.17, 15) is 4.79 Å². The molecule has 18 heavy (non-hydrogen) atoms. The predicted molar refractivity (Wildman–Crippen MR) is 70.3 cm³/mol. The van der Waals surface area contributed by atoms with Gasteiger partial charge < -0.3 is 15.2 Å². The highest BCUT2D eigenvalue weighted by Crippen LogP contribution is 2.24. The fraction of sp³-hybridized carbons (Fsp3) is 0.923. The topological polar surface area (TPSA) is 64.8 Å². The Labute approximate surface area is 110 Å². The van der Waals surface area contributed by atoms with Gasteiger partial charge in [0.05, 0.1) is 12.2 Å². The Bertz CT molecular complexity index is 294. The highest BCUT2D eigenvalue weighted by atomic mass is 16.5. The molecule has 1 heterocycles. The molecule has 5 nitrogen and oxygen atoms in total. The SMILES string of the molecule is CCOC(=O)C(C)(N)CN1CCCC(C)(OC)C1. The van der Waals surface area contributed by atoms with E-state index in [1.54, 1.807) is 21.0 Å². The second kappa shape index (κ2) is 5.99. The number of likely N-dealkylation sites (tertiary alicyclic amines) is 1. The number of methoxy groups -OCH3 is 1. The van der Waals surface area contributed by atoms with Crippen molar-refractivity contribution in [3.05, 3.63) is 0 Å². The van der Waals surface area contributed by atoms with Crippen LogP contribution in [-0.2, 0) is 14.3 Å². The highest BCUT2D eigenvalue weighted by Gasteiger charge is 2.37. The predicted octanol–water partition coefficient (Wildman–Crippen LogP) is 0.768. The Morgan fingerprint density at radius 1 is 1.56 bits per heavy atom. The van der Waals surface area contributed by atoms with E-state index in [1.807, 2.05) is 0 Å². The number of rotatable bonds is 5. The second-order valence-corrected chi connectivity index (χ2v) is 5.61. The highest BCUT2D eigenvalue weighted by molar-refractivity contribution is 5.80. The van der Waals surface area contributed by atoms with Gasteiger partial charge in [-0.05, 0) is 40.2 Å². The smallest absolute Gasteiger partial charge is 0.327 e. The van der Waals surface area contributed by atoms with Gasteiger partial charge in [-0.15, -0.1) is 0 Å². The van der Waals surface area contributed by atoms with Crippen LogP contribution in [0, 0.1) is 0 Å². The zero-order valence-corrected chi connectivity index (χ0v) is 12.0. The van der Waals surface area contributed by atoms with Crippen molar-refractivity contribution >= 4 is 5.97 Å². The van der Waals surface area contributed by atoms with Gasteiger partial charge >= 0.3 is 5.97 Å². The number of piperidine rings is 1. The molecule has 1 fully saturated rings. The zero-order valence-electron chi connectivity index (χ0n) is 12.0. The van der Waals surface area contributed by atoms with Gasteiger partial charge in [0.1, 0.15) is 5.54 Å². The van der Waals surface area contributed by atoms with Crippen molar-refractivity contribution in [2.75, 3.05) is 33.4 Å². The van der Waals surface area contributed by atoms with Crippen LogP contribution in [0.15, 0.2) is 0 Å². The minimum absolute atomic E-state index is 0.136. The summed E-state index contributed by atoms with van der Waals surface area (Å²) >= 11 is 0. The number of carbonyl (C=O) groups is 1. The van der Waals surface area contributed by atoms with Crippen LogP contribution in [0.3, 0.4) is 0 Å². The summed E-state index contributed by atoms with van der Waals surface area (Å²) in [6.07, 6.45) is 2.10. The molecule has 1 saturated heterocycles. The summed E-state index contributed by atoms with van der Waals surface area (Å²) < 4.78 is 10.5. The van der Waals surface area contributed by atoms with Crippen molar-refractivity contribution in [2.45, 2.75) is 44.8 Å². The number of esters is 1. The molecule has 0 bridgehead atoms. The molecule has 1 aliphatic rings. The van der Waals surface area contributed by atoms with Crippen molar-refractivity contribution in [2.24, 2.45) is 5.73 Å². The summed E-state index contributed by atoms with van der Waals surface area (Å²) in [6, 6.07) is 0. The molecule has 1 aliphatic heterocycles. The van der Waals surface area contributed by atoms with Crippen LogP contribution >= 0.6 is 0 Å². The van der Waals surface area contributed by atoms with Crippen molar-refractivity contribution in [1.82, 2.24) is 4.90 Å². The lowest BCUT2D eigenvalue weighted by Crippen LogP contribution is -2.58. The first-order valence-electron chi connectivity index (χ1n) is 6.56. The molecule has 0 aromatic rings. The van der Waals surface area contributed by atoms with E-state index in [-0.39, 0.29) is 11.6 Å². The van der Waals surface area contributed by atoms with Crippen LogP contribution in [0.2, 0.25) is 0 Å². The molecule has 2 N–H and O–H groups in total. The zero-order chi connectivity index (χ0) is 13.8. The molecule has 5 heteroatoms. The molecular formula is C13H26N2O3. The maximum atomic E-state index is 11.8. The summed E-state index contributed by atoms with van der Waals surface area (Å²) in [5, 5.41) is 0. The molecule has 0 saturated carbocycles. The van der Waals surface area contributed by atoms with Gasteiger partial charge in [-0.1, -0.05) is 0 Å². The van der Waals surface area contributed by atoms with Crippen molar-refractivity contribution < 1.29 is 14.3 Å². The molecule has 0 aromatic carbocycles. The molecule has 0 radical (unpaired) electrons. The largest absolute Gasteiger partial charge is 0.465 e. The van der Waals surface area contributed by atoms with Gasteiger partial charge in [-0.2, -0.15) is 0 Å². The Kier molecular flexibility index (Phi) is 5.13. The molecular weight excluding hydrogens is 232 g/mol. The molecule has 0 aliphatic carbocycles. The quantitative estimate of drug-likeness (QED) is 0.738. The number of nitrogens with zero attached hydrogens (tertiary/aromatic N) is 1. The van der Waals surface area contributed by atoms with E-state index >= 15 is 0 Å². The lowest BCUT2D eigenvalue weighted by Gasteiger charge is -2.41. The van der Waals surface area contributed by atoms with Gasteiger partial charge in [0.2, 0.25) is 0 Å². The van der Waals surface area contributed by atoms with Gasteiger partial charge in [0, 0.05) is 20.2 Å². The maximum Gasteiger partial charge on any atom is 0.327 e. The number of nitrogens with two attached hydrogens (primary N) is 1. The van der Waals surface area contributed by atoms with Crippen molar-refractivity contribution in [1.29, 1.82) is 0 Å². The number of carbonyl (C=O) groups excluding carboxylic acids is 1. The molecule has 1 rings (SSSR count). The van der Waals surface area contributed by atoms with E-state index in [0.29, 0.717) is 13.2 Å². The molecule has 0 amide bonds. The van der Waals surface area contributed by atoms with E-state index in [2.05, 4.69) is 11.8 Å². The average molecular weight is 258 g/mol. The summed E-state index contributed by atoms with van der Waals surface area (Å²) in [5.41, 5.74) is 4.96. The standard InChI is InChI=1S/C13H26N2O3/c1-5-18-11(16)13(3,14)10-15-8-6-7-12(2,9-15)17-4/h5-10,14H2,1-4H3. The van der Waals surface area contributed by atoms with E-state index in [0.717, 1.165) is 25.9 Å².